The van der Waals surface area contributed by atoms with Crippen LogP contribution in [0.5, 0.6) is 0 Å². The number of nitrogens with zero attached hydrogens (tertiary/aromatic N) is 1. The maximum Gasteiger partial charge on any atom is 0.0231 e. The lowest BCUT2D eigenvalue weighted by Gasteiger charge is -2.23. The fraction of sp³-hybridized carbons (Fsp3) is 0.625. The number of halogens is 1. The Morgan fingerprint density at radius 1 is 1.26 bits per heavy atom. The molecule has 0 aromatic heterocycles. The quantitative estimate of drug-likeness (QED) is 0.730. The van der Waals surface area contributed by atoms with Crippen molar-refractivity contribution in [3.05, 3.63) is 34.3 Å². The molecule has 0 aliphatic rings. The van der Waals surface area contributed by atoms with Gasteiger partial charge in [0.15, 0.2) is 0 Å². The van der Waals surface area contributed by atoms with Gasteiger partial charge in [-0.05, 0) is 56.1 Å². The third-order valence-corrected chi connectivity index (χ3v) is 4.03. The van der Waals surface area contributed by atoms with E-state index in [1.807, 2.05) is 0 Å². The van der Waals surface area contributed by atoms with E-state index >= 15 is 0 Å². The Kier molecular flexibility index (Phi) is 7.05. The van der Waals surface area contributed by atoms with Gasteiger partial charge in [0.2, 0.25) is 0 Å². The molecule has 0 bridgehead atoms. The summed E-state index contributed by atoms with van der Waals surface area (Å²) in [5, 5.41) is 0. The Morgan fingerprint density at radius 3 is 2.63 bits per heavy atom. The summed E-state index contributed by atoms with van der Waals surface area (Å²) in [7, 11) is 2.19. The summed E-state index contributed by atoms with van der Waals surface area (Å²) in [5.41, 5.74) is 7.40. The third-order valence-electron chi connectivity index (χ3n) is 3.54. The minimum atomic E-state index is 0.295. The largest absolute Gasteiger partial charge is 0.330 e. The van der Waals surface area contributed by atoms with Gasteiger partial charge < -0.3 is 10.6 Å². The van der Waals surface area contributed by atoms with Crippen LogP contribution >= 0.6 is 15.9 Å². The molecule has 0 fully saturated rings. The molecule has 0 aliphatic carbocycles. The van der Waals surface area contributed by atoms with Crippen molar-refractivity contribution >= 4 is 15.9 Å². The van der Waals surface area contributed by atoms with Crippen LogP contribution in [0, 0.1) is 5.41 Å². The van der Waals surface area contributed by atoms with Crippen molar-refractivity contribution in [3.63, 3.8) is 0 Å². The molecule has 2 nitrogen and oxygen atoms in total. The lowest BCUT2D eigenvalue weighted by molar-refractivity contribution is 0.289. The highest BCUT2D eigenvalue weighted by Gasteiger charge is 2.14. The van der Waals surface area contributed by atoms with Gasteiger partial charge in [-0.3, -0.25) is 0 Å². The van der Waals surface area contributed by atoms with Gasteiger partial charge in [-0.2, -0.15) is 0 Å². The highest BCUT2D eigenvalue weighted by atomic mass is 79.9. The lowest BCUT2D eigenvalue weighted by atomic mass is 9.87. The molecular weight excluding hydrogens is 300 g/mol. The first kappa shape index (κ1) is 16.7. The van der Waals surface area contributed by atoms with Gasteiger partial charge in [0.1, 0.15) is 0 Å². The van der Waals surface area contributed by atoms with Crippen molar-refractivity contribution in [2.24, 2.45) is 11.1 Å². The molecule has 2 N–H and O–H groups in total. The molecule has 19 heavy (non-hydrogen) atoms. The van der Waals surface area contributed by atoms with Crippen LogP contribution in [-0.2, 0) is 6.54 Å². The Labute approximate surface area is 126 Å². The van der Waals surface area contributed by atoms with E-state index in [0.717, 1.165) is 24.1 Å². The zero-order chi connectivity index (χ0) is 14.3. The Hall–Kier alpha value is -0.380. The van der Waals surface area contributed by atoms with Gasteiger partial charge in [-0.1, -0.05) is 48.3 Å². The van der Waals surface area contributed by atoms with E-state index < -0.39 is 0 Å². The van der Waals surface area contributed by atoms with Crippen molar-refractivity contribution in [2.75, 3.05) is 20.1 Å². The van der Waals surface area contributed by atoms with E-state index in [4.69, 9.17) is 5.73 Å². The standard InChI is InChI=1S/C16H27BrN2/c1-16(2,13-18)9-4-5-10-19(3)12-14-7-6-8-15(17)11-14/h6-8,11H,4-5,9-10,12-13,18H2,1-3H3. The zero-order valence-corrected chi connectivity index (χ0v) is 14.0. The van der Waals surface area contributed by atoms with Gasteiger partial charge >= 0.3 is 0 Å². The van der Waals surface area contributed by atoms with Crippen LogP contribution in [0.25, 0.3) is 0 Å². The first-order valence-corrected chi connectivity index (χ1v) is 7.85. The maximum atomic E-state index is 5.75. The highest BCUT2D eigenvalue weighted by molar-refractivity contribution is 9.10. The Morgan fingerprint density at radius 2 is 2.00 bits per heavy atom. The fourth-order valence-electron chi connectivity index (χ4n) is 2.11. The molecule has 0 spiro atoms. The summed E-state index contributed by atoms with van der Waals surface area (Å²) in [6, 6.07) is 8.53. The first-order chi connectivity index (χ1) is 8.93. The summed E-state index contributed by atoms with van der Waals surface area (Å²) in [5.74, 6) is 0. The number of benzene rings is 1. The maximum absolute atomic E-state index is 5.75. The third kappa shape index (κ3) is 7.09. The number of hydrogen-bond acceptors (Lipinski definition) is 2. The van der Waals surface area contributed by atoms with E-state index in [2.05, 4.69) is 66.0 Å². The molecule has 1 aromatic carbocycles. The van der Waals surface area contributed by atoms with Crippen molar-refractivity contribution in [2.45, 2.75) is 39.7 Å². The summed E-state index contributed by atoms with van der Waals surface area (Å²) in [6.45, 7) is 7.43. The van der Waals surface area contributed by atoms with Gasteiger partial charge in [-0.25, -0.2) is 0 Å². The van der Waals surface area contributed by atoms with Crippen LogP contribution in [0.1, 0.15) is 38.7 Å². The molecule has 1 aromatic rings. The van der Waals surface area contributed by atoms with E-state index in [-0.39, 0.29) is 0 Å². The predicted molar refractivity (Wildman–Crippen MR) is 87.2 cm³/mol. The molecule has 0 unspecified atom stereocenters. The van der Waals surface area contributed by atoms with Gasteiger partial charge in [0.05, 0.1) is 0 Å². The van der Waals surface area contributed by atoms with Crippen molar-refractivity contribution in [3.8, 4) is 0 Å². The van der Waals surface area contributed by atoms with Crippen LogP contribution in [-0.4, -0.2) is 25.0 Å². The van der Waals surface area contributed by atoms with E-state index in [0.29, 0.717) is 5.41 Å². The lowest BCUT2D eigenvalue weighted by Crippen LogP contribution is -2.24. The number of nitrogens with two attached hydrogens (primary N) is 1. The fourth-order valence-corrected chi connectivity index (χ4v) is 2.56. The van der Waals surface area contributed by atoms with Crippen LogP contribution in [0.4, 0.5) is 0 Å². The SMILES string of the molecule is CN(CCCCC(C)(C)CN)Cc1cccc(Br)c1. The van der Waals surface area contributed by atoms with Crippen LogP contribution < -0.4 is 5.73 Å². The molecule has 0 amide bonds. The van der Waals surface area contributed by atoms with Gasteiger partial charge in [0, 0.05) is 11.0 Å². The first-order valence-electron chi connectivity index (χ1n) is 7.06. The Bertz CT molecular complexity index is 377. The van der Waals surface area contributed by atoms with Gasteiger partial charge in [0.25, 0.3) is 0 Å². The van der Waals surface area contributed by atoms with Crippen LogP contribution in [0.2, 0.25) is 0 Å². The molecule has 0 aliphatic heterocycles. The summed E-state index contributed by atoms with van der Waals surface area (Å²) in [4.78, 5) is 2.39. The van der Waals surface area contributed by atoms with E-state index in [1.54, 1.807) is 0 Å². The Balaban J connectivity index is 2.23. The number of unbranched alkanes of at least 4 members (excludes halogenated alkanes) is 1. The second kappa shape index (κ2) is 8.03. The molecule has 0 atom stereocenters. The molecule has 108 valence electrons. The topological polar surface area (TPSA) is 29.3 Å². The van der Waals surface area contributed by atoms with E-state index in [1.165, 1.54) is 24.8 Å². The van der Waals surface area contributed by atoms with Crippen LogP contribution in [0.3, 0.4) is 0 Å². The average molecular weight is 327 g/mol. The van der Waals surface area contributed by atoms with Crippen LogP contribution in [0.15, 0.2) is 28.7 Å². The van der Waals surface area contributed by atoms with Crippen molar-refractivity contribution in [1.29, 1.82) is 0 Å². The average Bonchev–Trinajstić information content (AvgIpc) is 2.35. The molecule has 0 saturated heterocycles. The summed E-state index contributed by atoms with van der Waals surface area (Å²) >= 11 is 3.52. The smallest absolute Gasteiger partial charge is 0.0231 e. The van der Waals surface area contributed by atoms with Crippen molar-refractivity contribution < 1.29 is 0 Å². The van der Waals surface area contributed by atoms with Gasteiger partial charge in [-0.15, -0.1) is 0 Å². The second-order valence-electron chi connectivity index (χ2n) is 6.19. The molecule has 0 saturated carbocycles. The van der Waals surface area contributed by atoms with E-state index in [9.17, 15) is 0 Å². The summed E-state index contributed by atoms with van der Waals surface area (Å²) in [6.07, 6.45) is 3.72. The molecule has 1 rings (SSSR count). The minimum absolute atomic E-state index is 0.295. The number of rotatable bonds is 8. The normalized spacial score (nSPS) is 12.1. The molecular formula is C16H27BrN2. The predicted octanol–water partition coefficient (Wildman–Crippen LogP) is 4.04. The highest BCUT2D eigenvalue weighted by Crippen LogP contribution is 2.21. The number of hydrogen-bond donors (Lipinski definition) is 1. The molecule has 3 heteroatoms. The summed E-state index contributed by atoms with van der Waals surface area (Å²) < 4.78 is 1.16. The molecule has 0 heterocycles. The minimum Gasteiger partial charge on any atom is -0.330 e. The second-order valence-corrected chi connectivity index (χ2v) is 7.11. The zero-order valence-electron chi connectivity index (χ0n) is 12.5. The molecule has 0 radical (unpaired) electrons. The van der Waals surface area contributed by atoms with Crippen molar-refractivity contribution in [1.82, 2.24) is 4.90 Å². The monoisotopic (exact) mass is 326 g/mol.